The number of Topliss-reactive ketones (excluding diaryl/α,β-unsaturated/α-hetero) is 1. The third-order valence-electron chi connectivity index (χ3n) is 4.86. The predicted molar refractivity (Wildman–Crippen MR) is 105 cm³/mol. The molecular formula is C20H27NO6S. The number of likely N-dealkylation sites (N-methyl/N-ethyl adjacent to an activating group) is 1. The molecule has 1 amide bonds. The first kappa shape index (κ1) is 22.1. The molecule has 0 N–H and O–H groups in total. The highest BCUT2D eigenvalue weighted by Gasteiger charge is 2.36. The fraction of sp³-hybridized carbons (Fsp3) is 0.550. The average Bonchev–Trinajstić information content (AvgIpc) is 3.00. The van der Waals surface area contributed by atoms with Crippen LogP contribution in [0.2, 0.25) is 0 Å². The highest BCUT2D eigenvalue weighted by Crippen LogP contribution is 2.19. The minimum atomic E-state index is -3.12. The van der Waals surface area contributed by atoms with Crippen molar-refractivity contribution in [3.05, 3.63) is 35.4 Å². The molecule has 28 heavy (non-hydrogen) atoms. The van der Waals surface area contributed by atoms with E-state index in [2.05, 4.69) is 0 Å². The minimum absolute atomic E-state index is 0.00116. The quantitative estimate of drug-likeness (QED) is 0.481. The van der Waals surface area contributed by atoms with Gasteiger partial charge in [-0.3, -0.25) is 14.4 Å². The van der Waals surface area contributed by atoms with Crippen molar-refractivity contribution in [2.45, 2.75) is 52.2 Å². The second-order valence-corrected chi connectivity index (χ2v) is 9.33. The Morgan fingerprint density at radius 3 is 2.36 bits per heavy atom. The smallest absolute Gasteiger partial charge is 0.307 e. The number of hydrogen-bond acceptors (Lipinski definition) is 6. The van der Waals surface area contributed by atoms with Crippen molar-refractivity contribution < 1.29 is 27.5 Å². The van der Waals surface area contributed by atoms with E-state index in [1.165, 1.54) is 11.8 Å². The number of ether oxygens (including phenoxy) is 1. The molecule has 1 aromatic rings. The first-order valence-corrected chi connectivity index (χ1v) is 11.3. The van der Waals surface area contributed by atoms with Gasteiger partial charge in [0, 0.05) is 24.6 Å². The van der Waals surface area contributed by atoms with Crippen molar-refractivity contribution in [3.8, 4) is 0 Å². The fourth-order valence-electron chi connectivity index (χ4n) is 3.25. The van der Waals surface area contributed by atoms with Gasteiger partial charge in [0.15, 0.2) is 21.7 Å². The molecule has 1 aromatic carbocycles. The average molecular weight is 410 g/mol. The Morgan fingerprint density at radius 2 is 1.82 bits per heavy atom. The Labute approximate surface area is 166 Å². The maximum absolute atomic E-state index is 12.6. The van der Waals surface area contributed by atoms with Crippen LogP contribution in [0.1, 0.15) is 49.0 Å². The van der Waals surface area contributed by atoms with Crippen LogP contribution in [0.15, 0.2) is 24.3 Å². The van der Waals surface area contributed by atoms with E-state index < -0.39 is 27.8 Å². The fourth-order valence-corrected chi connectivity index (χ4v) is 4.99. The third-order valence-corrected chi connectivity index (χ3v) is 6.61. The molecule has 2 unspecified atom stereocenters. The monoisotopic (exact) mass is 409 g/mol. The summed E-state index contributed by atoms with van der Waals surface area (Å²) >= 11 is 0. The predicted octanol–water partition coefficient (Wildman–Crippen LogP) is 1.93. The van der Waals surface area contributed by atoms with E-state index in [9.17, 15) is 22.8 Å². The van der Waals surface area contributed by atoms with Crippen LogP contribution in [0.25, 0.3) is 0 Å². The molecular weight excluding hydrogens is 382 g/mol. The standard InChI is InChI=1S/C20H27NO6S/c1-4-21(17-11-12-28(25,26)13-17)20(24)15(3)27-19(23)10-9-18(22)16-7-5-14(2)6-8-16/h5-8,15,17H,4,9-13H2,1-3H3. The van der Waals surface area contributed by atoms with Gasteiger partial charge in [0.1, 0.15) is 0 Å². The summed E-state index contributed by atoms with van der Waals surface area (Å²) in [7, 11) is -3.12. The van der Waals surface area contributed by atoms with Crippen LogP contribution in [-0.2, 0) is 24.2 Å². The first-order valence-electron chi connectivity index (χ1n) is 9.43. The first-order chi connectivity index (χ1) is 13.1. The maximum Gasteiger partial charge on any atom is 0.307 e. The Kier molecular flexibility index (Phi) is 7.35. The lowest BCUT2D eigenvalue weighted by atomic mass is 10.1. The summed E-state index contributed by atoms with van der Waals surface area (Å²) in [6.45, 7) is 5.49. The van der Waals surface area contributed by atoms with E-state index in [-0.39, 0.29) is 36.2 Å². The normalized spacial score (nSPS) is 19.0. The molecule has 0 aromatic heterocycles. The van der Waals surface area contributed by atoms with Crippen LogP contribution in [0, 0.1) is 6.92 Å². The van der Waals surface area contributed by atoms with Crippen molar-refractivity contribution in [3.63, 3.8) is 0 Å². The van der Waals surface area contributed by atoms with Gasteiger partial charge in [0.25, 0.3) is 5.91 Å². The van der Waals surface area contributed by atoms with Crippen LogP contribution in [0.5, 0.6) is 0 Å². The second-order valence-electron chi connectivity index (χ2n) is 7.10. The van der Waals surface area contributed by atoms with E-state index in [0.29, 0.717) is 18.5 Å². The highest BCUT2D eigenvalue weighted by molar-refractivity contribution is 7.91. The number of benzene rings is 1. The van der Waals surface area contributed by atoms with Crippen molar-refractivity contribution in [2.75, 3.05) is 18.1 Å². The summed E-state index contributed by atoms with van der Waals surface area (Å²) in [5, 5.41) is 0. The number of amides is 1. The summed E-state index contributed by atoms with van der Waals surface area (Å²) in [6.07, 6.45) is -0.742. The van der Waals surface area contributed by atoms with Crippen molar-refractivity contribution in [1.82, 2.24) is 4.90 Å². The molecule has 0 bridgehead atoms. The van der Waals surface area contributed by atoms with Gasteiger partial charge in [-0.2, -0.15) is 0 Å². The Bertz CT molecular complexity index is 831. The highest BCUT2D eigenvalue weighted by atomic mass is 32.2. The molecule has 8 heteroatoms. The van der Waals surface area contributed by atoms with Gasteiger partial charge < -0.3 is 9.64 Å². The zero-order valence-corrected chi connectivity index (χ0v) is 17.3. The van der Waals surface area contributed by atoms with E-state index in [1.807, 2.05) is 19.1 Å². The van der Waals surface area contributed by atoms with E-state index in [0.717, 1.165) is 5.56 Å². The Balaban J connectivity index is 1.85. The molecule has 1 aliphatic rings. The number of sulfone groups is 1. The molecule has 7 nitrogen and oxygen atoms in total. The lowest BCUT2D eigenvalue weighted by Crippen LogP contribution is -2.46. The molecule has 1 aliphatic heterocycles. The van der Waals surface area contributed by atoms with Gasteiger partial charge in [0.05, 0.1) is 17.9 Å². The number of nitrogens with zero attached hydrogens (tertiary/aromatic N) is 1. The lowest BCUT2D eigenvalue weighted by molar-refractivity contribution is -0.159. The summed E-state index contributed by atoms with van der Waals surface area (Å²) in [6, 6.07) is 6.70. The molecule has 1 fully saturated rings. The maximum atomic E-state index is 12.6. The SMILES string of the molecule is CCN(C(=O)C(C)OC(=O)CCC(=O)c1ccc(C)cc1)C1CCS(=O)(=O)C1. The van der Waals surface area contributed by atoms with Gasteiger partial charge in [0.2, 0.25) is 0 Å². The number of carbonyl (C=O) groups excluding carboxylic acids is 3. The van der Waals surface area contributed by atoms with Crippen molar-refractivity contribution in [2.24, 2.45) is 0 Å². The summed E-state index contributed by atoms with van der Waals surface area (Å²) in [4.78, 5) is 38.2. The summed E-state index contributed by atoms with van der Waals surface area (Å²) in [5.41, 5.74) is 1.57. The van der Waals surface area contributed by atoms with E-state index >= 15 is 0 Å². The largest absolute Gasteiger partial charge is 0.453 e. The van der Waals surface area contributed by atoms with Gasteiger partial charge in [-0.25, -0.2) is 8.42 Å². The van der Waals surface area contributed by atoms with E-state index in [1.54, 1.807) is 19.1 Å². The summed E-state index contributed by atoms with van der Waals surface area (Å²) < 4.78 is 28.5. The molecule has 0 spiro atoms. The lowest BCUT2D eigenvalue weighted by Gasteiger charge is -2.29. The van der Waals surface area contributed by atoms with Gasteiger partial charge in [-0.05, 0) is 27.2 Å². The van der Waals surface area contributed by atoms with Crippen LogP contribution in [0.4, 0.5) is 0 Å². The molecule has 1 heterocycles. The zero-order chi connectivity index (χ0) is 20.9. The minimum Gasteiger partial charge on any atom is -0.453 e. The van der Waals surface area contributed by atoms with Gasteiger partial charge in [-0.15, -0.1) is 0 Å². The number of aryl methyl sites for hydroxylation is 1. The number of rotatable bonds is 8. The van der Waals surface area contributed by atoms with Crippen molar-refractivity contribution >= 4 is 27.5 Å². The van der Waals surface area contributed by atoms with Gasteiger partial charge >= 0.3 is 5.97 Å². The van der Waals surface area contributed by atoms with Crippen LogP contribution >= 0.6 is 0 Å². The number of hydrogen-bond donors (Lipinski definition) is 0. The second kappa shape index (κ2) is 9.32. The molecule has 2 atom stereocenters. The number of ketones is 1. The third kappa shape index (κ3) is 5.89. The van der Waals surface area contributed by atoms with Gasteiger partial charge in [-0.1, -0.05) is 29.8 Å². The van der Waals surface area contributed by atoms with E-state index in [4.69, 9.17) is 4.74 Å². The Hall–Kier alpha value is -2.22. The molecule has 0 radical (unpaired) electrons. The van der Waals surface area contributed by atoms with Crippen LogP contribution < -0.4 is 0 Å². The number of esters is 1. The number of carbonyl (C=O) groups is 3. The molecule has 0 aliphatic carbocycles. The summed E-state index contributed by atoms with van der Waals surface area (Å²) in [5.74, 6) is -1.20. The molecule has 1 saturated heterocycles. The van der Waals surface area contributed by atoms with Crippen LogP contribution in [0.3, 0.4) is 0 Å². The molecule has 2 rings (SSSR count). The van der Waals surface area contributed by atoms with Crippen LogP contribution in [-0.4, -0.2) is 61.2 Å². The van der Waals surface area contributed by atoms with Crippen molar-refractivity contribution in [1.29, 1.82) is 0 Å². The zero-order valence-electron chi connectivity index (χ0n) is 16.5. The topological polar surface area (TPSA) is 97.8 Å². The molecule has 0 saturated carbocycles. The Morgan fingerprint density at radius 1 is 1.18 bits per heavy atom. The molecule has 154 valence electrons.